The van der Waals surface area contributed by atoms with Crippen LogP contribution in [0.25, 0.3) is 0 Å². The molecule has 0 radical (unpaired) electrons. The molecule has 2 amide bonds. The summed E-state index contributed by atoms with van der Waals surface area (Å²) in [5.74, 6) is -1.20. The summed E-state index contributed by atoms with van der Waals surface area (Å²) in [6.07, 6.45) is 7.32. The molecule has 2 N–H and O–H groups in total. The minimum atomic E-state index is -1.78. The van der Waals surface area contributed by atoms with Crippen molar-refractivity contribution in [3.05, 3.63) is 114 Å². The number of carbonyl (C=O) groups excluding carboxylic acids is 2. The largest absolute Gasteiger partial charge is 0.395 e. The molecule has 0 bridgehead atoms. The Hall–Kier alpha value is -4.60. The van der Waals surface area contributed by atoms with E-state index in [0.29, 0.717) is 48.4 Å². The standard InChI is InChI=1S/C34H35N5O4/c1-23(10-8-9-19-38-21-29(35-36-38)27(22-40)24-11-4-3-5-12-24)34(43)28-20-26(16-17-31(28)37(2)33(34)42)39-30-14-7-6-13-25(30)15-18-32(39)41/h3-8,10-14,16-17,20-21,23,27,40,43H,9,15,18-19,22H2,1-2H3/b10-8+/t23-,27?,34+/m0/s1. The van der Waals surface area contributed by atoms with Crippen molar-refractivity contribution in [2.75, 3.05) is 23.5 Å². The molecule has 9 nitrogen and oxygen atoms in total. The van der Waals surface area contributed by atoms with Crippen LogP contribution in [0.1, 0.15) is 48.1 Å². The van der Waals surface area contributed by atoms with Crippen molar-refractivity contribution in [3.63, 3.8) is 0 Å². The van der Waals surface area contributed by atoms with Crippen molar-refractivity contribution in [1.29, 1.82) is 0 Å². The summed E-state index contributed by atoms with van der Waals surface area (Å²) in [4.78, 5) is 29.7. The van der Waals surface area contributed by atoms with Crippen molar-refractivity contribution in [2.24, 2.45) is 5.92 Å². The molecule has 4 aromatic rings. The lowest BCUT2D eigenvalue weighted by atomic mass is 9.82. The van der Waals surface area contributed by atoms with Crippen LogP contribution < -0.4 is 9.80 Å². The highest BCUT2D eigenvalue weighted by Gasteiger charge is 2.51. The van der Waals surface area contributed by atoms with E-state index < -0.39 is 17.4 Å². The van der Waals surface area contributed by atoms with Crippen molar-refractivity contribution in [1.82, 2.24) is 15.0 Å². The molecular formula is C34H35N5O4. The first kappa shape index (κ1) is 28.5. The predicted octanol–water partition coefficient (Wildman–Crippen LogP) is 4.46. The number of fused-ring (bicyclic) bond motifs is 2. The smallest absolute Gasteiger partial charge is 0.264 e. The number of amides is 2. The van der Waals surface area contributed by atoms with Crippen LogP contribution in [0, 0.1) is 5.92 Å². The summed E-state index contributed by atoms with van der Waals surface area (Å²) in [6.45, 7) is 2.31. The minimum absolute atomic E-state index is 0.0156. The molecule has 43 heavy (non-hydrogen) atoms. The van der Waals surface area contributed by atoms with Gasteiger partial charge in [-0.05, 0) is 48.2 Å². The molecule has 2 aliphatic rings. The Morgan fingerprint density at radius 1 is 1.00 bits per heavy atom. The van der Waals surface area contributed by atoms with Gasteiger partial charge in [0.05, 0.1) is 29.6 Å². The number of hydrogen-bond acceptors (Lipinski definition) is 6. The maximum absolute atomic E-state index is 13.5. The molecule has 220 valence electrons. The molecule has 1 unspecified atom stereocenters. The van der Waals surface area contributed by atoms with Crippen molar-refractivity contribution < 1.29 is 19.8 Å². The van der Waals surface area contributed by atoms with Gasteiger partial charge in [-0.25, -0.2) is 0 Å². The maximum atomic E-state index is 13.5. The van der Waals surface area contributed by atoms with E-state index in [0.717, 1.165) is 16.8 Å². The molecule has 3 heterocycles. The highest BCUT2D eigenvalue weighted by atomic mass is 16.3. The van der Waals surface area contributed by atoms with E-state index in [1.807, 2.05) is 85.9 Å². The number of rotatable bonds is 9. The van der Waals surface area contributed by atoms with E-state index in [1.54, 1.807) is 28.8 Å². The fourth-order valence-electron chi connectivity index (χ4n) is 6.18. The van der Waals surface area contributed by atoms with Crippen molar-refractivity contribution in [3.8, 4) is 0 Å². The number of allylic oxidation sites excluding steroid dienone is 1. The van der Waals surface area contributed by atoms with Gasteiger partial charge in [0.25, 0.3) is 5.91 Å². The highest BCUT2D eigenvalue weighted by molar-refractivity contribution is 6.08. The Labute approximate surface area is 250 Å². The zero-order chi connectivity index (χ0) is 30.1. The fraction of sp³-hybridized carbons (Fsp3) is 0.294. The number of anilines is 3. The van der Waals surface area contributed by atoms with E-state index in [4.69, 9.17) is 0 Å². The Balaban J connectivity index is 1.19. The van der Waals surface area contributed by atoms with Gasteiger partial charge in [-0.15, -0.1) is 5.10 Å². The molecular weight excluding hydrogens is 542 g/mol. The number of aliphatic hydroxyl groups is 2. The molecule has 2 aliphatic heterocycles. The topological polar surface area (TPSA) is 112 Å². The number of aromatic nitrogens is 3. The summed E-state index contributed by atoms with van der Waals surface area (Å²) < 4.78 is 1.73. The summed E-state index contributed by atoms with van der Waals surface area (Å²) >= 11 is 0. The monoisotopic (exact) mass is 577 g/mol. The number of aryl methyl sites for hydroxylation is 2. The molecule has 1 aromatic heterocycles. The van der Waals surface area contributed by atoms with Gasteiger partial charge >= 0.3 is 0 Å². The zero-order valence-corrected chi connectivity index (χ0v) is 24.3. The van der Waals surface area contributed by atoms with E-state index in [-0.39, 0.29) is 18.4 Å². The van der Waals surface area contributed by atoms with Crippen LogP contribution in [0.3, 0.4) is 0 Å². The van der Waals surface area contributed by atoms with Crippen LogP contribution in [0.2, 0.25) is 0 Å². The van der Waals surface area contributed by atoms with Crippen LogP contribution >= 0.6 is 0 Å². The first-order chi connectivity index (χ1) is 20.8. The molecule has 0 aliphatic carbocycles. The van der Waals surface area contributed by atoms with Gasteiger partial charge in [0.1, 0.15) is 0 Å². The fourth-order valence-corrected chi connectivity index (χ4v) is 6.18. The third-order valence-electron chi connectivity index (χ3n) is 8.64. The summed E-state index contributed by atoms with van der Waals surface area (Å²) in [7, 11) is 1.66. The van der Waals surface area contributed by atoms with Crippen molar-refractivity contribution in [2.45, 2.75) is 44.2 Å². The molecule has 0 spiro atoms. The maximum Gasteiger partial charge on any atom is 0.264 e. The average molecular weight is 578 g/mol. The molecule has 6 rings (SSSR count). The average Bonchev–Trinajstić information content (AvgIpc) is 3.57. The van der Waals surface area contributed by atoms with Crippen LogP contribution in [0.4, 0.5) is 17.1 Å². The van der Waals surface area contributed by atoms with Crippen LogP contribution in [-0.4, -0.2) is 50.7 Å². The van der Waals surface area contributed by atoms with Crippen LogP contribution in [-0.2, 0) is 28.2 Å². The molecule has 3 aromatic carbocycles. The normalized spacial score (nSPS) is 19.5. The second-order valence-electron chi connectivity index (χ2n) is 11.2. The molecule has 0 fully saturated rings. The predicted molar refractivity (Wildman–Crippen MR) is 164 cm³/mol. The van der Waals surface area contributed by atoms with Crippen LogP contribution in [0.5, 0.6) is 0 Å². The lowest BCUT2D eigenvalue weighted by Crippen LogP contribution is -2.43. The number of benzene rings is 3. The zero-order valence-electron chi connectivity index (χ0n) is 24.3. The molecule has 9 heteroatoms. The SMILES string of the molecule is C[C@@H](/C=C/CCn1cc(C(CO)c2ccccc2)nn1)[C@]1(O)C(=O)N(C)c2ccc(N3C(=O)CCc4ccccc43)cc21. The third-order valence-corrected chi connectivity index (χ3v) is 8.64. The number of aliphatic hydroxyl groups excluding tert-OH is 1. The summed E-state index contributed by atoms with van der Waals surface area (Å²) in [5.41, 5.74) is 3.56. The number of hydrogen-bond donors (Lipinski definition) is 2. The summed E-state index contributed by atoms with van der Waals surface area (Å²) in [5, 5.41) is 30.4. The minimum Gasteiger partial charge on any atom is -0.395 e. The number of nitrogens with zero attached hydrogens (tertiary/aromatic N) is 5. The molecule has 0 saturated heterocycles. The Morgan fingerprint density at radius 2 is 1.77 bits per heavy atom. The van der Waals surface area contributed by atoms with E-state index >= 15 is 0 Å². The van der Waals surface area contributed by atoms with Gasteiger partial charge in [0, 0.05) is 43.4 Å². The van der Waals surface area contributed by atoms with Crippen LogP contribution in [0.15, 0.2) is 91.1 Å². The Morgan fingerprint density at radius 3 is 2.56 bits per heavy atom. The highest BCUT2D eigenvalue weighted by Crippen LogP contribution is 2.47. The quantitative estimate of drug-likeness (QED) is 0.284. The lowest BCUT2D eigenvalue weighted by Gasteiger charge is -2.31. The van der Waals surface area contributed by atoms with E-state index in [1.165, 1.54) is 4.90 Å². The van der Waals surface area contributed by atoms with Gasteiger partial charge < -0.3 is 15.1 Å². The van der Waals surface area contributed by atoms with E-state index in [9.17, 15) is 19.8 Å². The second kappa shape index (κ2) is 11.6. The van der Waals surface area contributed by atoms with Gasteiger partial charge in [0.2, 0.25) is 5.91 Å². The van der Waals surface area contributed by atoms with Crippen molar-refractivity contribution >= 4 is 28.9 Å². The number of likely N-dealkylation sites (N-methyl/N-ethyl adjacent to an activating group) is 1. The van der Waals surface area contributed by atoms with Gasteiger partial charge in [-0.2, -0.15) is 0 Å². The second-order valence-corrected chi connectivity index (χ2v) is 11.2. The van der Waals surface area contributed by atoms with E-state index in [2.05, 4.69) is 10.3 Å². The summed E-state index contributed by atoms with van der Waals surface area (Å²) in [6, 6.07) is 23.0. The first-order valence-electron chi connectivity index (χ1n) is 14.6. The third kappa shape index (κ3) is 5.04. The van der Waals surface area contributed by atoms with Gasteiger partial charge in [-0.1, -0.05) is 72.8 Å². The Bertz CT molecular complexity index is 1680. The number of para-hydroxylation sites is 1. The Kier molecular flexibility index (Phi) is 7.68. The molecule has 3 atom stereocenters. The first-order valence-corrected chi connectivity index (χ1v) is 14.6. The lowest BCUT2D eigenvalue weighted by molar-refractivity contribution is -0.139. The van der Waals surface area contributed by atoms with Gasteiger partial charge in [-0.3, -0.25) is 19.2 Å². The molecule has 0 saturated carbocycles. The van der Waals surface area contributed by atoms with Gasteiger partial charge in [0.15, 0.2) is 5.60 Å². The number of carbonyl (C=O) groups is 2.